The minimum atomic E-state index is -0.0658. The molecule has 0 heterocycles. The molecule has 0 aromatic carbocycles. The smallest absolute Gasteiger partial charge is 0.0543 e. The minimum Gasteiger partial charge on any atom is -0.393 e. The number of rotatable bonds is 10. The van der Waals surface area contributed by atoms with Crippen LogP contribution < -0.4 is 11.1 Å². The molecular weight excluding hydrogens is 416 g/mol. The Labute approximate surface area is 211 Å². The van der Waals surface area contributed by atoms with E-state index in [1.165, 1.54) is 64.2 Å². The van der Waals surface area contributed by atoms with E-state index in [1.54, 1.807) is 0 Å². The zero-order valence-corrected chi connectivity index (χ0v) is 23.3. The van der Waals surface area contributed by atoms with E-state index in [2.05, 4.69) is 39.9 Å². The summed E-state index contributed by atoms with van der Waals surface area (Å²) in [6.45, 7) is 14.6. The third-order valence-corrected chi connectivity index (χ3v) is 11.9. The van der Waals surface area contributed by atoms with Gasteiger partial charge >= 0.3 is 0 Å². The lowest BCUT2D eigenvalue weighted by Gasteiger charge is -2.63. The Balaban J connectivity index is 1.53. The molecule has 10 atom stereocenters. The average Bonchev–Trinajstić information content (AvgIpc) is 3.14. The van der Waals surface area contributed by atoms with Gasteiger partial charge in [-0.15, -0.1) is 0 Å². The molecule has 0 bridgehead atoms. The molecule has 4 unspecified atom stereocenters. The Morgan fingerprint density at radius 3 is 2.35 bits per heavy atom. The Morgan fingerprint density at radius 2 is 1.62 bits per heavy atom. The average molecular weight is 475 g/mol. The summed E-state index contributed by atoms with van der Waals surface area (Å²) in [5.74, 6) is 5.90. The molecule has 0 aromatic heterocycles. The van der Waals surface area contributed by atoms with Crippen molar-refractivity contribution in [2.24, 2.45) is 58.0 Å². The Bertz CT molecular complexity index is 651. The number of unbranched alkanes of at least 4 members (excludes halogenated alkanes) is 1. The van der Waals surface area contributed by atoms with Gasteiger partial charge < -0.3 is 16.2 Å². The van der Waals surface area contributed by atoms with Crippen molar-refractivity contribution in [2.45, 2.75) is 130 Å². The van der Waals surface area contributed by atoms with E-state index in [4.69, 9.17) is 5.73 Å². The number of nitrogens with two attached hydrogens (primary N) is 1. The fraction of sp³-hybridized carbons (Fsp3) is 1.00. The molecule has 198 valence electrons. The summed E-state index contributed by atoms with van der Waals surface area (Å²) >= 11 is 0. The number of nitrogens with one attached hydrogen (secondary N) is 1. The summed E-state index contributed by atoms with van der Waals surface area (Å²) in [6, 6.07) is 0.644. The first-order valence-corrected chi connectivity index (χ1v) is 15.3. The van der Waals surface area contributed by atoms with Crippen molar-refractivity contribution < 1.29 is 5.11 Å². The number of aliphatic hydroxyl groups excluding tert-OH is 1. The molecule has 4 saturated carbocycles. The maximum absolute atomic E-state index is 10.5. The SMILES string of the molecule is CC(C)CCC[C@@H](C)[C@H]1CCC2C3C(CC[C@@]21C)[C@@]1(C)CC[C@H](O)CC1C[C@@H]3NCCCCN. The molecule has 0 amide bonds. The lowest BCUT2D eigenvalue weighted by atomic mass is 9.43. The summed E-state index contributed by atoms with van der Waals surface area (Å²) in [4.78, 5) is 0. The third kappa shape index (κ3) is 5.14. The highest BCUT2D eigenvalue weighted by molar-refractivity contribution is 5.13. The molecule has 4 rings (SSSR count). The number of fused-ring (bicyclic) bond motifs is 5. The molecular formula is C31H58N2O. The van der Waals surface area contributed by atoms with Crippen molar-refractivity contribution in [1.29, 1.82) is 0 Å². The largest absolute Gasteiger partial charge is 0.393 e. The van der Waals surface area contributed by atoms with Crippen LogP contribution >= 0.6 is 0 Å². The fourth-order valence-electron chi connectivity index (χ4n) is 10.0. The predicted octanol–water partition coefficient (Wildman–Crippen LogP) is 6.78. The van der Waals surface area contributed by atoms with Crippen LogP contribution in [0.25, 0.3) is 0 Å². The molecule has 0 spiro atoms. The van der Waals surface area contributed by atoms with Crippen LogP contribution in [-0.4, -0.2) is 30.3 Å². The molecule has 4 aliphatic carbocycles. The molecule has 4 aliphatic rings. The maximum Gasteiger partial charge on any atom is 0.0543 e. The molecule has 4 fully saturated rings. The number of aliphatic hydroxyl groups is 1. The number of hydrogen-bond acceptors (Lipinski definition) is 3. The molecule has 3 nitrogen and oxygen atoms in total. The molecule has 0 saturated heterocycles. The minimum absolute atomic E-state index is 0.0658. The van der Waals surface area contributed by atoms with Gasteiger partial charge in [0.25, 0.3) is 0 Å². The Hall–Kier alpha value is -0.120. The van der Waals surface area contributed by atoms with E-state index in [0.29, 0.717) is 22.8 Å². The van der Waals surface area contributed by atoms with Crippen molar-refractivity contribution in [3.8, 4) is 0 Å². The zero-order valence-electron chi connectivity index (χ0n) is 23.3. The molecule has 0 radical (unpaired) electrons. The first-order chi connectivity index (χ1) is 16.2. The van der Waals surface area contributed by atoms with Gasteiger partial charge in [-0.3, -0.25) is 0 Å². The predicted molar refractivity (Wildman–Crippen MR) is 145 cm³/mol. The lowest BCUT2D eigenvalue weighted by molar-refractivity contribution is -0.142. The van der Waals surface area contributed by atoms with Crippen molar-refractivity contribution in [3.63, 3.8) is 0 Å². The summed E-state index contributed by atoms with van der Waals surface area (Å²) in [7, 11) is 0. The normalized spacial score (nSPS) is 45.0. The van der Waals surface area contributed by atoms with Gasteiger partial charge in [0.2, 0.25) is 0 Å². The summed E-state index contributed by atoms with van der Waals surface area (Å²) in [6.07, 6.45) is 16.9. The van der Waals surface area contributed by atoms with E-state index < -0.39 is 0 Å². The maximum atomic E-state index is 10.5. The van der Waals surface area contributed by atoms with Crippen molar-refractivity contribution in [3.05, 3.63) is 0 Å². The molecule has 0 aliphatic heterocycles. The lowest BCUT2D eigenvalue weighted by Crippen LogP contribution is -2.61. The Morgan fingerprint density at radius 1 is 0.882 bits per heavy atom. The van der Waals surface area contributed by atoms with Gasteiger partial charge in [0.1, 0.15) is 0 Å². The fourth-order valence-corrected chi connectivity index (χ4v) is 10.0. The van der Waals surface area contributed by atoms with Crippen LogP contribution in [0.1, 0.15) is 118 Å². The first-order valence-electron chi connectivity index (χ1n) is 15.3. The third-order valence-electron chi connectivity index (χ3n) is 11.9. The van der Waals surface area contributed by atoms with Crippen LogP contribution in [0.3, 0.4) is 0 Å². The highest BCUT2D eigenvalue weighted by Crippen LogP contribution is 2.68. The standard InChI is InChI=1S/C31H58N2O/c1-21(2)9-8-10-22(3)25-11-12-26-29-27(14-16-31(25,26)5)30(4)15-13-24(34)19-23(30)20-28(29)33-18-7-6-17-32/h21-29,33-34H,6-20,32H2,1-5H3/t22-,23?,24+,25-,26?,27?,28+,29?,30+,31-/m1/s1. The zero-order chi connectivity index (χ0) is 24.5. The molecule has 0 aromatic rings. The van der Waals surface area contributed by atoms with Crippen LogP contribution in [0.15, 0.2) is 0 Å². The monoisotopic (exact) mass is 474 g/mol. The van der Waals surface area contributed by atoms with Gasteiger partial charge in [-0.25, -0.2) is 0 Å². The second-order valence-corrected chi connectivity index (χ2v) is 14.2. The van der Waals surface area contributed by atoms with Gasteiger partial charge in [-0.05, 0) is 130 Å². The van der Waals surface area contributed by atoms with Gasteiger partial charge in [0, 0.05) is 6.04 Å². The molecule has 4 N–H and O–H groups in total. The first kappa shape index (κ1) is 26.9. The van der Waals surface area contributed by atoms with Gasteiger partial charge in [-0.1, -0.05) is 53.9 Å². The second-order valence-electron chi connectivity index (χ2n) is 14.2. The van der Waals surface area contributed by atoms with Crippen LogP contribution in [0.5, 0.6) is 0 Å². The van der Waals surface area contributed by atoms with Crippen molar-refractivity contribution >= 4 is 0 Å². The van der Waals surface area contributed by atoms with E-state index in [1.807, 2.05) is 0 Å². The number of hydrogen-bond donors (Lipinski definition) is 3. The van der Waals surface area contributed by atoms with Crippen molar-refractivity contribution in [1.82, 2.24) is 5.32 Å². The van der Waals surface area contributed by atoms with Gasteiger partial charge in [0.05, 0.1) is 6.10 Å². The van der Waals surface area contributed by atoms with Crippen LogP contribution in [0, 0.1) is 52.3 Å². The van der Waals surface area contributed by atoms with Crippen LogP contribution in [0.4, 0.5) is 0 Å². The Kier molecular flexibility index (Phi) is 8.79. The topological polar surface area (TPSA) is 58.3 Å². The van der Waals surface area contributed by atoms with E-state index >= 15 is 0 Å². The highest BCUT2D eigenvalue weighted by atomic mass is 16.3. The highest BCUT2D eigenvalue weighted by Gasteiger charge is 2.62. The van der Waals surface area contributed by atoms with Crippen molar-refractivity contribution in [2.75, 3.05) is 13.1 Å². The molecule has 3 heteroatoms. The quantitative estimate of drug-likeness (QED) is 0.306. The molecule has 34 heavy (non-hydrogen) atoms. The summed E-state index contributed by atoms with van der Waals surface area (Å²) in [5, 5.41) is 14.7. The second kappa shape index (κ2) is 11.1. The summed E-state index contributed by atoms with van der Waals surface area (Å²) < 4.78 is 0. The van der Waals surface area contributed by atoms with Crippen LogP contribution in [-0.2, 0) is 0 Å². The van der Waals surface area contributed by atoms with E-state index in [-0.39, 0.29) is 6.10 Å². The van der Waals surface area contributed by atoms with Gasteiger partial charge in [0.15, 0.2) is 0 Å². The van der Waals surface area contributed by atoms with E-state index in [9.17, 15) is 5.11 Å². The summed E-state index contributed by atoms with van der Waals surface area (Å²) in [5.41, 5.74) is 6.78. The van der Waals surface area contributed by atoms with Gasteiger partial charge in [-0.2, -0.15) is 0 Å². The van der Waals surface area contributed by atoms with Crippen LogP contribution in [0.2, 0.25) is 0 Å². The van der Waals surface area contributed by atoms with E-state index in [0.717, 1.165) is 67.9 Å².